The summed E-state index contributed by atoms with van der Waals surface area (Å²) in [6, 6.07) is 1.77. The van der Waals surface area contributed by atoms with E-state index in [2.05, 4.69) is 24.8 Å². The lowest BCUT2D eigenvalue weighted by Crippen LogP contribution is -2.46. The Kier molecular flexibility index (Phi) is 4.31. The minimum Gasteiger partial charge on any atom is -0.481 e. The standard InChI is InChI=1S/C14H19N5OS/c1-11-16-9-12(21-11)10-18-5-7-19(8-6-18)14-15-4-3-13(17-14)20-2/h3-4,9H,5-8,10H2,1-2H3. The Balaban J connectivity index is 1.57. The van der Waals surface area contributed by atoms with Crippen molar-refractivity contribution in [3.63, 3.8) is 0 Å². The van der Waals surface area contributed by atoms with Gasteiger partial charge in [0.15, 0.2) is 0 Å². The zero-order valence-corrected chi connectivity index (χ0v) is 13.1. The van der Waals surface area contributed by atoms with Crippen LogP contribution in [-0.4, -0.2) is 53.1 Å². The summed E-state index contributed by atoms with van der Waals surface area (Å²) in [5.74, 6) is 1.37. The van der Waals surface area contributed by atoms with Crippen molar-refractivity contribution in [1.82, 2.24) is 19.9 Å². The lowest BCUT2D eigenvalue weighted by Gasteiger charge is -2.34. The van der Waals surface area contributed by atoms with Gasteiger partial charge in [0.1, 0.15) is 0 Å². The molecule has 2 aromatic rings. The fourth-order valence-electron chi connectivity index (χ4n) is 2.40. The highest BCUT2D eigenvalue weighted by Crippen LogP contribution is 2.18. The van der Waals surface area contributed by atoms with Crippen molar-refractivity contribution < 1.29 is 4.74 Å². The van der Waals surface area contributed by atoms with Crippen LogP contribution in [0, 0.1) is 6.92 Å². The molecule has 0 unspecified atom stereocenters. The lowest BCUT2D eigenvalue weighted by molar-refractivity contribution is 0.250. The summed E-state index contributed by atoms with van der Waals surface area (Å²) in [6.07, 6.45) is 3.73. The molecule has 1 fully saturated rings. The molecule has 0 amide bonds. The van der Waals surface area contributed by atoms with E-state index in [1.54, 1.807) is 30.7 Å². The molecular weight excluding hydrogens is 286 g/mol. The Bertz CT molecular complexity index is 595. The van der Waals surface area contributed by atoms with Gasteiger partial charge < -0.3 is 9.64 Å². The molecule has 0 aromatic carbocycles. The molecule has 0 atom stereocenters. The molecule has 3 heterocycles. The van der Waals surface area contributed by atoms with Crippen molar-refractivity contribution in [3.8, 4) is 5.88 Å². The van der Waals surface area contributed by atoms with E-state index in [4.69, 9.17) is 4.74 Å². The van der Waals surface area contributed by atoms with Gasteiger partial charge in [0.2, 0.25) is 11.8 Å². The smallest absolute Gasteiger partial charge is 0.228 e. The van der Waals surface area contributed by atoms with E-state index in [9.17, 15) is 0 Å². The first kappa shape index (κ1) is 14.2. The number of aromatic nitrogens is 3. The van der Waals surface area contributed by atoms with Gasteiger partial charge in [0.25, 0.3) is 0 Å². The highest BCUT2D eigenvalue weighted by Gasteiger charge is 2.19. The molecule has 0 saturated carbocycles. The molecule has 0 spiro atoms. The van der Waals surface area contributed by atoms with Gasteiger partial charge in [0.05, 0.1) is 12.1 Å². The Morgan fingerprint density at radius 1 is 1.24 bits per heavy atom. The average molecular weight is 305 g/mol. The molecular formula is C14H19N5OS. The Morgan fingerprint density at radius 3 is 2.71 bits per heavy atom. The highest BCUT2D eigenvalue weighted by molar-refractivity contribution is 7.11. The summed E-state index contributed by atoms with van der Waals surface area (Å²) in [5, 5.41) is 1.13. The number of hydrogen-bond donors (Lipinski definition) is 0. The lowest BCUT2D eigenvalue weighted by atomic mass is 10.3. The number of nitrogens with zero attached hydrogens (tertiary/aromatic N) is 5. The van der Waals surface area contributed by atoms with Crippen LogP contribution in [0.1, 0.15) is 9.88 Å². The fourth-order valence-corrected chi connectivity index (χ4v) is 3.24. The largest absolute Gasteiger partial charge is 0.481 e. The second-order valence-corrected chi connectivity index (χ2v) is 6.33. The number of methoxy groups -OCH3 is 1. The summed E-state index contributed by atoms with van der Waals surface area (Å²) >= 11 is 1.78. The van der Waals surface area contributed by atoms with Gasteiger partial charge in [0, 0.05) is 56.1 Å². The predicted molar refractivity (Wildman–Crippen MR) is 82.9 cm³/mol. The monoisotopic (exact) mass is 305 g/mol. The third-order valence-corrected chi connectivity index (χ3v) is 4.43. The van der Waals surface area contributed by atoms with Crippen molar-refractivity contribution in [2.45, 2.75) is 13.5 Å². The molecule has 6 nitrogen and oxygen atoms in total. The minimum atomic E-state index is 0.613. The first-order valence-corrected chi connectivity index (χ1v) is 7.82. The van der Waals surface area contributed by atoms with Gasteiger partial charge in [-0.05, 0) is 6.92 Å². The first-order valence-electron chi connectivity index (χ1n) is 7.00. The number of thiazole rings is 1. The van der Waals surface area contributed by atoms with Gasteiger partial charge in [-0.3, -0.25) is 4.90 Å². The van der Waals surface area contributed by atoms with Crippen molar-refractivity contribution in [1.29, 1.82) is 0 Å². The van der Waals surface area contributed by atoms with Gasteiger partial charge in [-0.25, -0.2) is 9.97 Å². The summed E-state index contributed by atoms with van der Waals surface area (Å²) < 4.78 is 5.15. The third kappa shape index (κ3) is 3.48. The second kappa shape index (κ2) is 6.36. The fraction of sp³-hybridized carbons (Fsp3) is 0.500. The van der Waals surface area contributed by atoms with E-state index in [-0.39, 0.29) is 0 Å². The number of aryl methyl sites for hydroxylation is 1. The van der Waals surface area contributed by atoms with Crippen molar-refractivity contribution in [2.75, 3.05) is 38.2 Å². The predicted octanol–water partition coefficient (Wildman–Crippen LogP) is 1.57. The molecule has 1 saturated heterocycles. The molecule has 112 valence electrons. The maximum absolute atomic E-state index is 5.15. The van der Waals surface area contributed by atoms with Crippen LogP contribution in [0.2, 0.25) is 0 Å². The maximum atomic E-state index is 5.15. The number of anilines is 1. The number of piperazine rings is 1. The molecule has 1 aliphatic rings. The van der Waals surface area contributed by atoms with E-state index >= 15 is 0 Å². The van der Waals surface area contributed by atoms with Crippen LogP contribution in [0.4, 0.5) is 5.95 Å². The molecule has 2 aromatic heterocycles. The normalized spacial score (nSPS) is 16.2. The summed E-state index contributed by atoms with van der Waals surface area (Å²) in [4.78, 5) is 19.0. The van der Waals surface area contributed by atoms with Crippen LogP contribution in [0.3, 0.4) is 0 Å². The highest BCUT2D eigenvalue weighted by atomic mass is 32.1. The molecule has 21 heavy (non-hydrogen) atoms. The van der Waals surface area contributed by atoms with Crippen molar-refractivity contribution >= 4 is 17.3 Å². The van der Waals surface area contributed by atoms with E-state index in [0.717, 1.165) is 43.7 Å². The van der Waals surface area contributed by atoms with Gasteiger partial charge >= 0.3 is 0 Å². The minimum absolute atomic E-state index is 0.613. The van der Waals surface area contributed by atoms with E-state index in [1.807, 2.05) is 13.1 Å². The molecule has 0 radical (unpaired) electrons. The molecule has 1 aliphatic heterocycles. The molecule has 3 rings (SSSR count). The second-order valence-electron chi connectivity index (χ2n) is 5.01. The van der Waals surface area contributed by atoms with Crippen LogP contribution in [0.5, 0.6) is 5.88 Å². The zero-order chi connectivity index (χ0) is 14.7. The number of ether oxygens (including phenoxy) is 1. The first-order chi connectivity index (χ1) is 10.2. The molecule has 7 heteroatoms. The van der Waals surface area contributed by atoms with Crippen LogP contribution >= 0.6 is 11.3 Å². The van der Waals surface area contributed by atoms with E-state index in [0.29, 0.717) is 5.88 Å². The third-order valence-electron chi connectivity index (χ3n) is 3.53. The molecule has 0 bridgehead atoms. The Hall–Kier alpha value is -1.73. The van der Waals surface area contributed by atoms with E-state index < -0.39 is 0 Å². The van der Waals surface area contributed by atoms with E-state index in [1.165, 1.54) is 4.88 Å². The quantitative estimate of drug-likeness (QED) is 0.855. The van der Waals surface area contributed by atoms with Gasteiger partial charge in [-0.1, -0.05) is 0 Å². The summed E-state index contributed by atoms with van der Waals surface area (Å²) in [5.41, 5.74) is 0. The molecule has 0 N–H and O–H groups in total. The average Bonchev–Trinajstić information content (AvgIpc) is 2.93. The zero-order valence-electron chi connectivity index (χ0n) is 12.3. The topological polar surface area (TPSA) is 54.4 Å². The maximum Gasteiger partial charge on any atom is 0.228 e. The summed E-state index contributed by atoms with van der Waals surface area (Å²) in [6.45, 7) is 6.93. The van der Waals surface area contributed by atoms with Crippen molar-refractivity contribution in [2.24, 2.45) is 0 Å². The Morgan fingerprint density at radius 2 is 2.05 bits per heavy atom. The van der Waals surface area contributed by atoms with Gasteiger partial charge in [-0.2, -0.15) is 4.98 Å². The number of hydrogen-bond acceptors (Lipinski definition) is 7. The van der Waals surface area contributed by atoms with Gasteiger partial charge in [-0.15, -0.1) is 11.3 Å². The summed E-state index contributed by atoms with van der Waals surface area (Å²) in [7, 11) is 1.63. The van der Waals surface area contributed by atoms with Crippen LogP contribution in [0.25, 0.3) is 0 Å². The van der Waals surface area contributed by atoms with Crippen LogP contribution < -0.4 is 9.64 Å². The van der Waals surface area contributed by atoms with Crippen LogP contribution in [0.15, 0.2) is 18.5 Å². The van der Waals surface area contributed by atoms with Crippen LogP contribution in [-0.2, 0) is 6.54 Å². The SMILES string of the molecule is COc1ccnc(N2CCN(Cc3cnc(C)s3)CC2)n1. The Labute approximate surface area is 128 Å². The van der Waals surface area contributed by atoms with Crippen molar-refractivity contribution in [3.05, 3.63) is 28.3 Å². The molecule has 0 aliphatic carbocycles. The number of rotatable bonds is 4.